The first-order valence-corrected chi connectivity index (χ1v) is 10.4. The Bertz CT molecular complexity index is 1190. The molecule has 0 amide bonds. The second-order valence-electron chi connectivity index (χ2n) is 7.76. The van der Waals surface area contributed by atoms with E-state index in [9.17, 15) is 0 Å². The Morgan fingerprint density at radius 2 is 1.39 bits per heavy atom. The number of halogens is 1. The third-order valence-electron chi connectivity index (χ3n) is 6.15. The first-order chi connectivity index (χ1) is 13.7. The van der Waals surface area contributed by atoms with E-state index in [2.05, 4.69) is 92.7 Å². The fraction of sp³-hybridized carbons (Fsp3) is 0.185. The lowest BCUT2D eigenvalue weighted by Crippen LogP contribution is -2.17. The molecule has 1 aliphatic rings. The van der Waals surface area contributed by atoms with Gasteiger partial charge in [0, 0.05) is 0 Å². The van der Waals surface area contributed by atoms with Crippen LogP contribution in [0.3, 0.4) is 0 Å². The monoisotopic (exact) mass is 382 g/mol. The molecule has 0 bridgehead atoms. The number of alkyl halides is 1. The number of hydrogen-bond donors (Lipinski definition) is 0. The Morgan fingerprint density at radius 3 is 2.14 bits per heavy atom. The maximum absolute atomic E-state index is 7.52. The maximum Gasteiger partial charge on any atom is 0.0962 e. The molecule has 0 saturated carbocycles. The van der Waals surface area contributed by atoms with Gasteiger partial charge >= 0.3 is 0 Å². The summed E-state index contributed by atoms with van der Waals surface area (Å²) in [6.07, 6.45) is 1.97. The summed E-state index contributed by atoms with van der Waals surface area (Å²) in [5, 5.41) is 2.59. The highest BCUT2D eigenvalue weighted by molar-refractivity contribution is 6.30. The van der Waals surface area contributed by atoms with Crippen LogP contribution in [-0.2, 0) is 4.87 Å². The zero-order valence-corrected chi connectivity index (χ0v) is 17.1. The average molecular weight is 383 g/mol. The fourth-order valence-electron chi connectivity index (χ4n) is 5.04. The van der Waals surface area contributed by atoms with E-state index in [4.69, 9.17) is 11.6 Å². The Morgan fingerprint density at radius 1 is 0.750 bits per heavy atom. The minimum atomic E-state index is -0.475. The van der Waals surface area contributed by atoms with Crippen LogP contribution in [0.4, 0.5) is 0 Å². The van der Waals surface area contributed by atoms with Gasteiger partial charge in [-0.15, -0.1) is 11.6 Å². The van der Waals surface area contributed by atoms with Crippen LogP contribution in [0.5, 0.6) is 0 Å². The average Bonchev–Trinajstić information content (AvgIpc) is 2.99. The summed E-state index contributed by atoms with van der Waals surface area (Å²) in [7, 11) is 0. The molecular formula is C27H23Cl. The van der Waals surface area contributed by atoms with Gasteiger partial charge in [0.15, 0.2) is 0 Å². The molecule has 28 heavy (non-hydrogen) atoms. The largest absolute Gasteiger partial charge is 0.109 e. The molecule has 138 valence electrons. The molecule has 4 aromatic rings. The lowest BCUT2D eigenvalue weighted by atomic mass is 9.83. The Labute approximate surface area is 171 Å². The van der Waals surface area contributed by atoms with Gasteiger partial charge in [-0.3, -0.25) is 0 Å². The van der Waals surface area contributed by atoms with Crippen LogP contribution in [0.2, 0.25) is 0 Å². The summed E-state index contributed by atoms with van der Waals surface area (Å²) in [6.45, 7) is 4.47. The predicted molar refractivity (Wildman–Crippen MR) is 121 cm³/mol. The number of benzene rings is 4. The third-order valence-corrected chi connectivity index (χ3v) is 6.73. The number of rotatable bonds is 3. The van der Waals surface area contributed by atoms with Crippen LogP contribution in [0.15, 0.2) is 78.9 Å². The van der Waals surface area contributed by atoms with Crippen molar-refractivity contribution in [1.29, 1.82) is 0 Å². The van der Waals surface area contributed by atoms with Crippen molar-refractivity contribution in [2.75, 3.05) is 0 Å². The van der Waals surface area contributed by atoms with Gasteiger partial charge in [0.25, 0.3) is 0 Å². The predicted octanol–water partition coefficient (Wildman–Crippen LogP) is 8.08. The molecule has 0 aliphatic heterocycles. The van der Waals surface area contributed by atoms with Crippen LogP contribution >= 0.6 is 11.6 Å². The topological polar surface area (TPSA) is 0 Å². The van der Waals surface area contributed by atoms with Gasteiger partial charge in [0.05, 0.1) is 4.87 Å². The van der Waals surface area contributed by atoms with Gasteiger partial charge in [0.2, 0.25) is 0 Å². The molecule has 1 atom stereocenters. The molecule has 1 aliphatic carbocycles. The fourth-order valence-corrected chi connectivity index (χ4v) is 5.59. The summed E-state index contributed by atoms with van der Waals surface area (Å²) in [5.41, 5.74) is 9.05. The third kappa shape index (κ3) is 2.31. The van der Waals surface area contributed by atoms with E-state index in [0.717, 1.165) is 12.8 Å². The molecule has 0 fully saturated rings. The first kappa shape index (κ1) is 17.5. The SMILES string of the molecule is CCCC1(Cl)c2ccccc2-c2c(-c3ccccc3)c(C)c3ccccc3c21. The lowest BCUT2D eigenvalue weighted by Gasteiger charge is -2.27. The smallest absolute Gasteiger partial charge is 0.0962 e. The van der Waals surface area contributed by atoms with Crippen molar-refractivity contribution in [2.24, 2.45) is 0 Å². The maximum atomic E-state index is 7.52. The van der Waals surface area contributed by atoms with Gasteiger partial charge in [-0.2, -0.15) is 0 Å². The van der Waals surface area contributed by atoms with Crippen molar-refractivity contribution in [3.05, 3.63) is 95.6 Å². The van der Waals surface area contributed by atoms with Gasteiger partial charge in [-0.1, -0.05) is 92.2 Å². The molecule has 0 N–H and O–H groups in total. The molecule has 4 aromatic carbocycles. The lowest BCUT2D eigenvalue weighted by molar-refractivity contribution is 0.651. The zero-order chi connectivity index (χ0) is 19.3. The summed E-state index contributed by atoms with van der Waals surface area (Å²) < 4.78 is 0. The molecule has 0 aromatic heterocycles. The Kier molecular flexibility index (Phi) is 4.07. The number of aryl methyl sites for hydroxylation is 1. The van der Waals surface area contributed by atoms with E-state index < -0.39 is 4.87 Å². The molecule has 0 nitrogen and oxygen atoms in total. The van der Waals surface area contributed by atoms with Crippen molar-refractivity contribution < 1.29 is 0 Å². The Balaban J connectivity index is 2.02. The van der Waals surface area contributed by atoms with E-state index in [1.165, 1.54) is 49.7 Å². The molecule has 0 heterocycles. The summed E-state index contributed by atoms with van der Waals surface area (Å²) in [4.78, 5) is -0.475. The van der Waals surface area contributed by atoms with E-state index in [0.29, 0.717) is 0 Å². The molecule has 5 rings (SSSR count). The highest BCUT2D eigenvalue weighted by Gasteiger charge is 2.43. The highest BCUT2D eigenvalue weighted by Crippen LogP contribution is 2.59. The van der Waals surface area contributed by atoms with E-state index in [1.54, 1.807) is 0 Å². The second kappa shape index (κ2) is 6.50. The van der Waals surface area contributed by atoms with E-state index in [-0.39, 0.29) is 0 Å². The highest BCUT2D eigenvalue weighted by atomic mass is 35.5. The first-order valence-electron chi connectivity index (χ1n) is 10.1. The van der Waals surface area contributed by atoms with Crippen molar-refractivity contribution >= 4 is 22.4 Å². The summed E-state index contributed by atoms with van der Waals surface area (Å²) in [6, 6.07) is 28.2. The normalized spacial score (nSPS) is 17.5. The van der Waals surface area contributed by atoms with Crippen LogP contribution in [0.1, 0.15) is 36.5 Å². The van der Waals surface area contributed by atoms with E-state index in [1.807, 2.05) is 0 Å². The molecular weight excluding hydrogens is 360 g/mol. The molecule has 1 heteroatoms. The van der Waals surface area contributed by atoms with E-state index >= 15 is 0 Å². The zero-order valence-electron chi connectivity index (χ0n) is 16.3. The van der Waals surface area contributed by atoms with Gasteiger partial charge < -0.3 is 0 Å². The number of hydrogen-bond acceptors (Lipinski definition) is 0. The minimum absolute atomic E-state index is 0.475. The van der Waals surface area contributed by atoms with Crippen molar-refractivity contribution in [3.63, 3.8) is 0 Å². The van der Waals surface area contributed by atoms with Crippen LogP contribution in [0.25, 0.3) is 33.0 Å². The Hall–Kier alpha value is -2.57. The molecule has 0 spiro atoms. The van der Waals surface area contributed by atoms with Crippen LogP contribution in [-0.4, -0.2) is 0 Å². The van der Waals surface area contributed by atoms with Gasteiger partial charge in [-0.25, -0.2) is 0 Å². The van der Waals surface area contributed by atoms with Crippen molar-refractivity contribution in [1.82, 2.24) is 0 Å². The summed E-state index contributed by atoms with van der Waals surface area (Å²) >= 11 is 7.52. The van der Waals surface area contributed by atoms with Crippen LogP contribution in [0, 0.1) is 6.92 Å². The van der Waals surface area contributed by atoms with Gasteiger partial charge in [-0.05, 0) is 63.1 Å². The summed E-state index contributed by atoms with van der Waals surface area (Å²) in [5.74, 6) is 0. The van der Waals surface area contributed by atoms with Crippen molar-refractivity contribution in [2.45, 2.75) is 31.6 Å². The standard InChI is InChI=1S/C27H23Cl/c1-3-17-27(28)23-16-10-9-15-22(23)25-24(19-11-5-4-6-12-19)18(2)20-13-7-8-14-21(20)26(25)27/h4-16H,3,17H2,1-2H3. The molecule has 0 saturated heterocycles. The second-order valence-corrected chi connectivity index (χ2v) is 8.40. The quantitative estimate of drug-likeness (QED) is 0.314. The number of fused-ring (bicyclic) bond motifs is 5. The van der Waals surface area contributed by atoms with Crippen molar-refractivity contribution in [3.8, 4) is 22.3 Å². The van der Waals surface area contributed by atoms with Gasteiger partial charge in [0.1, 0.15) is 0 Å². The molecule has 1 unspecified atom stereocenters. The molecule has 0 radical (unpaired) electrons. The minimum Gasteiger partial charge on any atom is -0.109 e. The van der Waals surface area contributed by atoms with Crippen LogP contribution < -0.4 is 0 Å².